The molecule has 0 radical (unpaired) electrons. The first-order valence-electron chi connectivity index (χ1n) is 18.3. The van der Waals surface area contributed by atoms with Crippen molar-refractivity contribution in [1.29, 1.82) is 0 Å². The zero-order valence-corrected chi connectivity index (χ0v) is 32.6. The molecule has 306 valence electrons. The van der Waals surface area contributed by atoms with Gasteiger partial charge >= 0.3 is 21.7 Å². The fraction of sp³-hybridized carbons (Fsp3) is 0.794. The fourth-order valence-corrected chi connectivity index (χ4v) is 11.4. The van der Waals surface area contributed by atoms with E-state index in [0.717, 1.165) is 5.57 Å². The van der Waals surface area contributed by atoms with Crippen molar-refractivity contribution in [2.24, 2.45) is 28.6 Å². The van der Waals surface area contributed by atoms with Crippen molar-refractivity contribution in [3.05, 3.63) is 23.8 Å². The number of fused-ring (bicyclic) bond motifs is 7. The smallest absolute Gasteiger partial charge is 0.465 e. The van der Waals surface area contributed by atoms with Crippen LogP contribution in [0.5, 0.6) is 0 Å². The topological polar surface area (TPSA) is 252 Å². The number of allylic oxidation sites excluding steroid dienone is 4. The number of Topliss-reactive ketones (excluding diaryl/α,β-unsaturated/α-hetero) is 1. The highest BCUT2D eigenvalue weighted by molar-refractivity contribution is 7.61. The SMILES string of the molecule is CCCC1O[C@@H]2C[C@H]3C4CCC5=CC(=O)C=C[C@]5(C)[C@H]4[C@@H](O)C[C@]3(C)[C@]2(C(=O)COP(=O)(O)OP(=O)(O)OCCOCCOCCOCCNC(=O)O)O1. The highest BCUT2D eigenvalue weighted by atomic mass is 31.3. The van der Waals surface area contributed by atoms with E-state index in [2.05, 4.69) is 9.63 Å². The molecule has 54 heavy (non-hydrogen) atoms. The molecule has 1 saturated heterocycles. The molecule has 1 heterocycles. The van der Waals surface area contributed by atoms with Crippen LogP contribution in [0.4, 0.5) is 4.79 Å². The van der Waals surface area contributed by atoms with Crippen LogP contribution in [-0.2, 0) is 55.8 Å². The lowest BCUT2D eigenvalue weighted by Gasteiger charge is -2.59. The van der Waals surface area contributed by atoms with Crippen molar-refractivity contribution in [2.45, 2.75) is 83.4 Å². The molecule has 0 aromatic rings. The number of nitrogens with one attached hydrogen (secondary N) is 1. The number of ketones is 2. The summed E-state index contributed by atoms with van der Waals surface area (Å²) in [6, 6.07) is 0. The molecular weight excluding hydrogens is 756 g/mol. The van der Waals surface area contributed by atoms with Crippen LogP contribution < -0.4 is 5.32 Å². The highest BCUT2D eigenvalue weighted by Crippen LogP contribution is 2.70. The van der Waals surface area contributed by atoms with Gasteiger partial charge in [0.1, 0.15) is 6.61 Å². The Labute approximate surface area is 314 Å². The third-order valence-corrected chi connectivity index (χ3v) is 14.2. The Hall–Kier alpha value is -1.89. The minimum atomic E-state index is -5.34. The summed E-state index contributed by atoms with van der Waals surface area (Å²) in [5.41, 5.74) is -2.17. The van der Waals surface area contributed by atoms with E-state index in [1.54, 1.807) is 12.2 Å². The third-order valence-electron chi connectivity index (χ3n) is 11.5. The molecule has 0 aromatic heterocycles. The summed E-state index contributed by atoms with van der Waals surface area (Å²) in [6.45, 7) is 5.22. The van der Waals surface area contributed by atoms with Gasteiger partial charge in [0.25, 0.3) is 0 Å². The Morgan fingerprint density at radius 2 is 1.65 bits per heavy atom. The number of carbonyl (C=O) groups excluding carboxylic acids is 2. The summed E-state index contributed by atoms with van der Waals surface area (Å²) in [7, 11) is -10.5. The van der Waals surface area contributed by atoms with E-state index >= 15 is 0 Å². The second-order valence-corrected chi connectivity index (χ2v) is 17.8. The van der Waals surface area contributed by atoms with Gasteiger partial charge in [0.15, 0.2) is 23.5 Å². The molecule has 20 heteroatoms. The average molecular weight is 810 g/mol. The molecular formula is C34H53NO17P2. The summed E-state index contributed by atoms with van der Waals surface area (Å²) in [5.74, 6) is -1.20. The molecule has 0 bridgehead atoms. The van der Waals surface area contributed by atoms with Gasteiger partial charge in [-0.15, -0.1) is 0 Å². The quantitative estimate of drug-likeness (QED) is 0.0824. The van der Waals surface area contributed by atoms with Crippen LogP contribution in [0, 0.1) is 28.6 Å². The van der Waals surface area contributed by atoms with Crippen LogP contribution in [0.2, 0.25) is 0 Å². The summed E-state index contributed by atoms with van der Waals surface area (Å²) >= 11 is 0. The maximum atomic E-state index is 14.3. The predicted molar refractivity (Wildman–Crippen MR) is 187 cm³/mol. The highest BCUT2D eigenvalue weighted by Gasteiger charge is 2.75. The van der Waals surface area contributed by atoms with Crippen molar-refractivity contribution in [3.63, 3.8) is 0 Å². The van der Waals surface area contributed by atoms with Gasteiger partial charge in [-0.05, 0) is 56.1 Å². The van der Waals surface area contributed by atoms with Crippen molar-refractivity contribution in [1.82, 2.24) is 5.32 Å². The second kappa shape index (κ2) is 17.7. The van der Waals surface area contributed by atoms with Gasteiger partial charge in [0.05, 0.1) is 58.5 Å². The van der Waals surface area contributed by atoms with E-state index in [4.69, 9.17) is 37.8 Å². The van der Waals surface area contributed by atoms with Crippen LogP contribution in [0.3, 0.4) is 0 Å². The summed E-state index contributed by atoms with van der Waals surface area (Å²) < 4.78 is 68.1. The zero-order chi connectivity index (χ0) is 39.4. The van der Waals surface area contributed by atoms with E-state index < -0.39 is 75.7 Å². The second-order valence-electron chi connectivity index (χ2n) is 14.8. The van der Waals surface area contributed by atoms with Crippen molar-refractivity contribution < 1.29 is 80.6 Å². The number of rotatable bonds is 21. The Morgan fingerprint density at radius 3 is 2.31 bits per heavy atom. The van der Waals surface area contributed by atoms with Crippen LogP contribution in [-0.4, -0.2) is 121 Å². The normalized spacial score (nSPS) is 36.3. The van der Waals surface area contributed by atoms with E-state index in [1.165, 1.54) is 0 Å². The Morgan fingerprint density at radius 1 is 1.00 bits per heavy atom. The van der Waals surface area contributed by atoms with E-state index in [1.807, 2.05) is 26.8 Å². The number of aliphatic hydroxyl groups is 1. The van der Waals surface area contributed by atoms with Crippen LogP contribution in [0.1, 0.15) is 59.3 Å². The number of carbonyl (C=O) groups is 3. The molecule has 11 atom stereocenters. The van der Waals surface area contributed by atoms with Gasteiger partial charge in [-0.25, -0.2) is 13.9 Å². The number of hydrogen-bond donors (Lipinski definition) is 5. The van der Waals surface area contributed by atoms with Crippen molar-refractivity contribution >= 4 is 33.3 Å². The first kappa shape index (κ1) is 43.2. The number of carboxylic acid groups (broad SMARTS) is 1. The Kier molecular flexibility index (Phi) is 14.2. The summed E-state index contributed by atoms with van der Waals surface area (Å²) in [6.07, 6.45) is 4.75. The van der Waals surface area contributed by atoms with Gasteiger partial charge in [0, 0.05) is 23.3 Å². The number of aliphatic hydroxyl groups excluding tert-OH is 1. The van der Waals surface area contributed by atoms with Gasteiger partial charge in [-0.3, -0.25) is 18.6 Å². The molecule has 0 aromatic carbocycles. The molecule has 0 spiro atoms. The van der Waals surface area contributed by atoms with Gasteiger partial charge in [0.2, 0.25) is 0 Å². The van der Waals surface area contributed by atoms with E-state index in [-0.39, 0.29) is 76.1 Å². The summed E-state index contributed by atoms with van der Waals surface area (Å²) in [4.78, 5) is 57.4. The molecule has 5 N–H and O–H groups in total. The first-order chi connectivity index (χ1) is 25.5. The van der Waals surface area contributed by atoms with Crippen LogP contribution >= 0.6 is 15.6 Å². The van der Waals surface area contributed by atoms with Crippen LogP contribution in [0.25, 0.3) is 0 Å². The third kappa shape index (κ3) is 9.28. The Bertz CT molecular complexity index is 1540. The van der Waals surface area contributed by atoms with Gasteiger partial charge < -0.3 is 49.0 Å². The fourth-order valence-electron chi connectivity index (χ4n) is 9.41. The standard InChI is InChI=1S/C34H53NO17P2/c1-4-5-29-50-28-19-25-24-7-6-22-18-23(36)8-9-32(22,2)30(24)26(37)20-33(25,3)34(28,51-29)27(38)21-49-54(43,44)52-53(41,42)48-17-16-47-15-14-46-13-12-45-11-10-35-31(39)40/h8-9,18,24-26,28-30,35,37H,4-7,10-17,19-21H2,1-3H3,(H,39,40)(H,41,42)(H,43,44)/t24?,25-,26-,28+,29?,30+,32-,33-,34+/m0/s1. The number of amides is 1. The van der Waals surface area contributed by atoms with E-state index in [0.29, 0.717) is 32.1 Å². The first-order valence-corrected chi connectivity index (χ1v) is 21.3. The molecule has 4 unspecified atom stereocenters. The molecule has 1 aliphatic heterocycles. The molecule has 3 saturated carbocycles. The van der Waals surface area contributed by atoms with Crippen molar-refractivity contribution in [2.75, 3.05) is 59.4 Å². The molecule has 5 rings (SSSR count). The zero-order valence-electron chi connectivity index (χ0n) is 30.8. The molecule has 4 aliphatic carbocycles. The monoisotopic (exact) mass is 809 g/mol. The minimum Gasteiger partial charge on any atom is -0.465 e. The predicted octanol–water partition coefficient (Wildman–Crippen LogP) is 3.29. The lowest BCUT2D eigenvalue weighted by atomic mass is 9.46. The number of phosphoric ester groups is 2. The molecule has 4 fully saturated rings. The molecule has 5 aliphatic rings. The summed E-state index contributed by atoms with van der Waals surface area (Å²) in [5, 5.41) is 22.5. The minimum absolute atomic E-state index is 0.0476. The number of phosphoric acid groups is 2. The number of ether oxygens (including phenoxy) is 5. The van der Waals surface area contributed by atoms with Crippen LogP contribution in [0.15, 0.2) is 23.8 Å². The maximum Gasteiger partial charge on any atom is 0.481 e. The lowest BCUT2D eigenvalue weighted by molar-refractivity contribution is -0.200. The van der Waals surface area contributed by atoms with Crippen molar-refractivity contribution in [3.8, 4) is 0 Å². The van der Waals surface area contributed by atoms with Gasteiger partial charge in [-0.2, -0.15) is 4.31 Å². The lowest BCUT2D eigenvalue weighted by Crippen LogP contribution is -2.63. The average Bonchev–Trinajstić information content (AvgIpc) is 3.57. The number of hydrogen-bond acceptors (Lipinski definition) is 14. The Balaban J connectivity index is 1.14. The van der Waals surface area contributed by atoms with E-state index in [9.17, 15) is 38.4 Å². The maximum absolute atomic E-state index is 14.3. The largest absolute Gasteiger partial charge is 0.481 e. The molecule has 1 amide bonds. The van der Waals surface area contributed by atoms with Gasteiger partial charge in [-0.1, -0.05) is 38.8 Å². The molecule has 18 nitrogen and oxygen atoms in total.